The van der Waals surface area contributed by atoms with Crippen molar-refractivity contribution in [2.45, 2.75) is 63.5 Å². The highest BCUT2D eigenvalue weighted by atomic mass is 19.4. The smallest absolute Gasteiger partial charge is 0.381 e. The van der Waals surface area contributed by atoms with E-state index < -0.39 is 17.2 Å². The van der Waals surface area contributed by atoms with Crippen molar-refractivity contribution < 1.29 is 22.7 Å². The van der Waals surface area contributed by atoms with Crippen LogP contribution < -0.4 is 5.32 Å². The molecule has 2 unspecified atom stereocenters. The van der Waals surface area contributed by atoms with E-state index in [1.165, 1.54) is 6.07 Å². The van der Waals surface area contributed by atoms with E-state index in [0.29, 0.717) is 18.0 Å². The Kier molecular flexibility index (Phi) is 4.74. The molecule has 1 aliphatic carbocycles. The fourth-order valence-corrected chi connectivity index (χ4v) is 5.82. The van der Waals surface area contributed by atoms with Gasteiger partial charge >= 0.3 is 6.18 Å². The molecule has 0 saturated carbocycles. The molecule has 1 amide bonds. The Bertz CT molecular complexity index is 878. The number of carbonyl (C=O) groups excluding carboxylic acids is 1. The number of ether oxygens (including phenoxy) is 1. The van der Waals surface area contributed by atoms with E-state index in [9.17, 15) is 18.0 Å². The Labute approximate surface area is 174 Å². The van der Waals surface area contributed by atoms with Crippen LogP contribution in [0.15, 0.2) is 30.4 Å². The summed E-state index contributed by atoms with van der Waals surface area (Å²) in [6.07, 6.45) is 3.12. The first-order valence-electron chi connectivity index (χ1n) is 10.8. The number of benzene rings is 1. The summed E-state index contributed by atoms with van der Waals surface area (Å²) >= 11 is 0. The van der Waals surface area contributed by atoms with Gasteiger partial charge in [-0.1, -0.05) is 25.1 Å². The highest BCUT2D eigenvalue weighted by Gasteiger charge is 2.58. The minimum Gasteiger partial charge on any atom is -0.381 e. The van der Waals surface area contributed by atoms with Crippen molar-refractivity contribution in [3.8, 4) is 0 Å². The van der Waals surface area contributed by atoms with Gasteiger partial charge in [0.15, 0.2) is 0 Å². The number of nitrogens with one attached hydrogen (secondary N) is 1. The molecule has 1 aromatic rings. The van der Waals surface area contributed by atoms with Crippen LogP contribution >= 0.6 is 0 Å². The van der Waals surface area contributed by atoms with Gasteiger partial charge < -0.3 is 15.0 Å². The van der Waals surface area contributed by atoms with Gasteiger partial charge in [-0.25, -0.2) is 0 Å². The van der Waals surface area contributed by atoms with E-state index in [2.05, 4.69) is 24.4 Å². The minimum absolute atomic E-state index is 0.0354. The molecule has 4 nitrogen and oxygen atoms in total. The highest BCUT2D eigenvalue weighted by Crippen LogP contribution is 2.52. The fourth-order valence-electron chi connectivity index (χ4n) is 5.82. The molecule has 30 heavy (non-hydrogen) atoms. The SMILES string of the molecule is CC1C2Cc3ccc(C(F)(F)F)cc3CN2C(=O)[C@]12C=C[C@@H](NC1CCOCC1)C2. The number of fused-ring (bicyclic) bond motifs is 2. The zero-order chi connectivity index (χ0) is 21.1. The van der Waals surface area contributed by atoms with Crippen molar-refractivity contribution in [2.75, 3.05) is 13.2 Å². The minimum atomic E-state index is -4.37. The number of halogens is 3. The molecule has 0 aromatic heterocycles. The summed E-state index contributed by atoms with van der Waals surface area (Å²) in [5.74, 6) is 0.189. The molecular formula is C23H27F3N2O2. The lowest BCUT2D eigenvalue weighted by Crippen LogP contribution is -2.43. The van der Waals surface area contributed by atoms with Crippen LogP contribution in [0.1, 0.15) is 42.9 Å². The van der Waals surface area contributed by atoms with Crippen LogP contribution in [0.4, 0.5) is 13.2 Å². The van der Waals surface area contributed by atoms with Gasteiger partial charge in [-0.15, -0.1) is 0 Å². The van der Waals surface area contributed by atoms with Crippen LogP contribution in [0.25, 0.3) is 0 Å². The largest absolute Gasteiger partial charge is 0.416 e. The summed E-state index contributed by atoms with van der Waals surface area (Å²) < 4.78 is 44.8. The van der Waals surface area contributed by atoms with E-state index >= 15 is 0 Å². The Hall–Kier alpha value is -1.86. The van der Waals surface area contributed by atoms with Crippen molar-refractivity contribution in [1.29, 1.82) is 0 Å². The monoisotopic (exact) mass is 420 g/mol. The quantitative estimate of drug-likeness (QED) is 0.742. The van der Waals surface area contributed by atoms with Gasteiger partial charge in [0.2, 0.25) is 5.91 Å². The average molecular weight is 420 g/mol. The summed E-state index contributed by atoms with van der Waals surface area (Å²) in [6.45, 7) is 3.92. The molecular weight excluding hydrogens is 393 g/mol. The lowest BCUT2D eigenvalue weighted by molar-refractivity contribution is -0.137. The highest BCUT2D eigenvalue weighted by molar-refractivity contribution is 5.89. The molecule has 2 fully saturated rings. The van der Waals surface area contributed by atoms with Crippen LogP contribution in [-0.2, 0) is 28.7 Å². The molecule has 162 valence electrons. The van der Waals surface area contributed by atoms with Crippen molar-refractivity contribution in [1.82, 2.24) is 10.2 Å². The van der Waals surface area contributed by atoms with Crippen LogP contribution in [-0.4, -0.2) is 42.1 Å². The summed E-state index contributed by atoms with van der Waals surface area (Å²) in [4.78, 5) is 15.3. The van der Waals surface area contributed by atoms with Crippen molar-refractivity contribution in [2.24, 2.45) is 11.3 Å². The lowest BCUT2D eigenvalue weighted by atomic mass is 9.74. The van der Waals surface area contributed by atoms with Gasteiger partial charge in [-0.2, -0.15) is 13.2 Å². The van der Waals surface area contributed by atoms with Gasteiger partial charge in [0, 0.05) is 37.9 Å². The second kappa shape index (κ2) is 7.09. The first-order valence-corrected chi connectivity index (χ1v) is 10.8. The maximum atomic E-state index is 13.5. The Morgan fingerprint density at radius 1 is 1.20 bits per heavy atom. The topological polar surface area (TPSA) is 41.6 Å². The molecule has 1 spiro atoms. The Morgan fingerprint density at radius 2 is 1.97 bits per heavy atom. The zero-order valence-corrected chi connectivity index (χ0v) is 17.0. The first kappa shape index (κ1) is 20.1. The molecule has 1 aromatic carbocycles. The standard InChI is InChI=1S/C23H27F3N2O2/c1-14-20-11-15-2-3-17(23(24,25)26)10-16(15)13-28(20)21(29)22(14)7-4-19(12-22)27-18-5-8-30-9-6-18/h2-4,7,10,14,18-20,27H,5-6,8-9,11-13H2,1H3/t14?,19-,20?,22+/m1/s1. The van der Waals surface area contributed by atoms with E-state index in [0.717, 1.165) is 44.1 Å². The number of carbonyl (C=O) groups is 1. The molecule has 4 atom stereocenters. The van der Waals surface area contributed by atoms with Gasteiger partial charge in [-0.3, -0.25) is 4.79 Å². The summed E-state index contributed by atoms with van der Waals surface area (Å²) in [7, 11) is 0. The molecule has 1 N–H and O–H groups in total. The zero-order valence-electron chi connectivity index (χ0n) is 17.0. The van der Waals surface area contributed by atoms with Gasteiger partial charge in [0.25, 0.3) is 0 Å². The third kappa shape index (κ3) is 3.17. The second-order valence-corrected chi connectivity index (χ2v) is 9.24. The number of alkyl halides is 3. The predicted molar refractivity (Wildman–Crippen MR) is 106 cm³/mol. The second-order valence-electron chi connectivity index (χ2n) is 9.24. The molecule has 0 bridgehead atoms. The molecule has 7 heteroatoms. The fraction of sp³-hybridized carbons (Fsp3) is 0.609. The van der Waals surface area contributed by atoms with E-state index in [4.69, 9.17) is 4.74 Å². The van der Waals surface area contributed by atoms with E-state index in [-0.39, 0.29) is 30.5 Å². The molecule has 5 rings (SSSR count). The molecule has 2 saturated heterocycles. The van der Waals surface area contributed by atoms with Gasteiger partial charge in [-0.05, 0) is 54.9 Å². The van der Waals surface area contributed by atoms with Gasteiger partial charge in [0.05, 0.1) is 11.0 Å². The molecule has 0 radical (unpaired) electrons. The summed E-state index contributed by atoms with van der Waals surface area (Å²) in [5.41, 5.74) is 0.357. The summed E-state index contributed by atoms with van der Waals surface area (Å²) in [6, 6.07) is 4.57. The van der Waals surface area contributed by atoms with Crippen LogP contribution in [0.2, 0.25) is 0 Å². The average Bonchev–Trinajstić information content (AvgIpc) is 3.23. The third-order valence-electron chi connectivity index (χ3n) is 7.61. The van der Waals surface area contributed by atoms with Crippen LogP contribution in [0.5, 0.6) is 0 Å². The van der Waals surface area contributed by atoms with Crippen molar-refractivity contribution in [3.05, 3.63) is 47.0 Å². The third-order valence-corrected chi connectivity index (χ3v) is 7.61. The normalized spacial score (nSPS) is 33.9. The Morgan fingerprint density at radius 3 is 2.70 bits per heavy atom. The van der Waals surface area contributed by atoms with Crippen molar-refractivity contribution >= 4 is 5.91 Å². The van der Waals surface area contributed by atoms with Crippen LogP contribution in [0, 0.1) is 11.3 Å². The maximum Gasteiger partial charge on any atom is 0.416 e. The van der Waals surface area contributed by atoms with E-state index in [1.807, 2.05) is 4.90 Å². The number of nitrogens with zero attached hydrogens (tertiary/aromatic N) is 1. The van der Waals surface area contributed by atoms with E-state index in [1.54, 1.807) is 6.07 Å². The molecule has 3 heterocycles. The first-order chi connectivity index (χ1) is 14.3. The van der Waals surface area contributed by atoms with Gasteiger partial charge in [0.1, 0.15) is 0 Å². The number of rotatable bonds is 2. The number of hydrogen-bond acceptors (Lipinski definition) is 3. The molecule has 3 aliphatic heterocycles. The lowest BCUT2D eigenvalue weighted by Gasteiger charge is -2.33. The predicted octanol–water partition coefficient (Wildman–Crippen LogP) is 3.69. The van der Waals surface area contributed by atoms with Crippen LogP contribution in [0.3, 0.4) is 0 Å². The number of hydrogen-bond donors (Lipinski definition) is 1. The summed E-state index contributed by atoms with van der Waals surface area (Å²) in [5, 5.41) is 3.67. The maximum absolute atomic E-state index is 13.5. The Balaban J connectivity index is 1.35. The van der Waals surface area contributed by atoms with Crippen molar-refractivity contribution in [3.63, 3.8) is 0 Å². The number of amides is 1. The molecule has 4 aliphatic rings.